The first kappa shape index (κ1) is 14.2. The number of benzene rings is 2. The van der Waals surface area contributed by atoms with Crippen LogP contribution in [0.5, 0.6) is 0 Å². The van der Waals surface area contributed by atoms with Gasteiger partial charge in [-0.3, -0.25) is 4.90 Å². The van der Waals surface area contributed by atoms with Gasteiger partial charge >= 0.3 is 0 Å². The van der Waals surface area contributed by atoms with Gasteiger partial charge in [-0.2, -0.15) is 0 Å². The Hall–Kier alpha value is -1.71. The molecule has 2 N–H and O–H groups in total. The molecule has 0 bridgehead atoms. The summed E-state index contributed by atoms with van der Waals surface area (Å²) in [5.41, 5.74) is 8.28. The summed E-state index contributed by atoms with van der Waals surface area (Å²) in [4.78, 5) is 2.27. The first-order chi connectivity index (χ1) is 10.2. The molecule has 1 aliphatic heterocycles. The lowest BCUT2D eigenvalue weighted by atomic mass is 9.88. The van der Waals surface area contributed by atoms with E-state index < -0.39 is 0 Å². The number of piperidine rings is 1. The van der Waals surface area contributed by atoms with E-state index in [1.165, 1.54) is 11.6 Å². The molecule has 3 rings (SSSR count). The van der Waals surface area contributed by atoms with E-state index in [0.717, 1.165) is 25.1 Å². The van der Waals surface area contributed by atoms with Crippen molar-refractivity contribution in [2.24, 2.45) is 5.73 Å². The van der Waals surface area contributed by atoms with E-state index in [0.29, 0.717) is 12.5 Å². The summed E-state index contributed by atoms with van der Waals surface area (Å²) in [5, 5.41) is 0. The van der Waals surface area contributed by atoms with E-state index in [1.54, 1.807) is 6.07 Å². The van der Waals surface area contributed by atoms with Crippen LogP contribution in [0.1, 0.15) is 23.5 Å². The fourth-order valence-corrected chi connectivity index (χ4v) is 3.20. The lowest BCUT2D eigenvalue weighted by Gasteiger charge is -2.36. The normalized spacial score (nSPS) is 23.1. The number of nitrogens with two attached hydrogens (primary N) is 1. The van der Waals surface area contributed by atoms with Crippen LogP contribution in [-0.2, 0) is 6.54 Å². The van der Waals surface area contributed by atoms with Crippen LogP contribution in [0.15, 0.2) is 54.6 Å². The second kappa shape index (κ2) is 6.37. The lowest BCUT2D eigenvalue weighted by Crippen LogP contribution is -2.45. The van der Waals surface area contributed by atoms with Crippen molar-refractivity contribution in [1.29, 1.82) is 0 Å². The Bertz CT molecular complexity index is 585. The molecule has 2 atom stereocenters. The van der Waals surface area contributed by atoms with Crippen molar-refractivity contribution >= 4 is 0 Å². The largest absolute Gasteiger partial charge is 0.327 e. The van der Waals surface area contributed by atoms with Crippen molar-refractivity contribution in [3.63, 3.8) is 0 Å². The van der Waals surface area contributed by atoms with Gasteiger partial charge in [0.2, 0.25) is 0 Å². The Morgan fingerprint density at radius 1 is 1.00 bits per heavy atom. The number of likely N-dealkylation sites (tertiary alicyclic amines) is 1. The molecule has 1 heterocycles. The first-order valence-electron chi connectivity index (χ1n) is 7.48. The summed E-state index contributed by atoms with van der Waals surface area (Å²) in [7, 11) is 0. The van der Waals surface area contributed by atoms with Crippen molar-refractivity contribution in [1.82, 2.24) is 4.90 Å². The fourth-order valence-electron chi connectivity index (χ4n) is 3.20. The van der Waals surface area contributed by atoms with Gasteiger partial charge < -0.3 is 5.73 Å². The van der Waals surface area contributed by atoms with Gasteiger partial charge in [-0.05, 0) is 24.0 Å². The third-order valence-electron chi connectivity index (χ3n) is 4.18. The van der Waals surface area contributed by atoms with Crippen LogP contribution in [0.2, 0.25) is 0 Å². The molecule has 0 spiro atoms. The molecular weight excluding hydrogens is 263 g/mol. The molecule has 2 aromatic carbocycles. The topological polar surface area (TPSA) is 29.3 Å². The molecule has 1 saturated heterocycles. The molecule has 0 radical (unpaired) electrons. The van der Waals surface area contributed by atoms with Gasteiger partial charge in [0.1, 0.15) is 5.82 Å². The zero-order valence-electron chi connectivity index (χ0n) is 12.1. The minimum Gasteiger partial charge on any atom is -0.327 e. The Balaban J connectivity index is 1.73. The molecule has 21 heavy (non-hydrogen) atoms. The van der Waals surface area contributed by atoms with Gasteiger partial charge in [0.25, 0.3) is 0 Å². The molecule has 2 unspecified atom stereocenters. The highest BCUT2D eigenvalue weighted by Crippen LogP contribution is 2.27. The number of hydrogen-bond donors (Lipinski definition) is 1. The van der Waals surface area contributed by atoms with E-state index in [2.05, 4.69) is 29.2 Å². The van der Waals surface area contributed by atoms with Crippen LogP contribution in [0, 0.1) is 5.82 Å². The first-order valence-corrected chi connectivity index (χ1v) is 7.48. The zero-order valence-corrected chi connectivity index (χ0v) is 12.1. The van der Waals surface area contributed by atoms with Crippen molar-refractivity contribution in [2.75, 3.05) is 13.1 Å². The number of halogens is 1. The van der Waals surface area contributed by atoms with Gasteiger partial charge in [0.05, 0.1) is 0 Å². The Labute approximate surface area is 125 Å². The molecule has 0 aromatic heterocycles. The van der Waals surface area contributed by atoms with Crippen LogP contribution in [0.3, 0.4) is 0 Å². The smallest absolute Gasteiger partial charge is 0.127 e. The van der Waals surface area contributed by atoms with E-state index in [1.807, 2.05) is 18.2 Å². The number of nitrogens with zero attached hydrogens (tertiary/aromatic N) is 1. The van der Waals surface area contributed by atoms with E-state index in [-0.39, 0.29) is 11.9 Å². The Morgan fingerprint density at radius 3 is 2.48 bits per heavy atom. The molecular formula is C18H21FN2. The van der Waals surface area contributed by atoms with Crippen molar-refractivity contribution in [3.05, 3.63) is 71.5 Å². The average Bonchev–Trinajstić information content (AvgIpc) is 2.50. The summed E-state index contributed by atoms with van der Waals surface area (Å²) in [6.07, 6.45) is 0.998. The maximum atomic E-state index is 13.8. The monoisotopic (exact) mass is 284 g/mol. The van der Waals surface area contributed by atoms with Gasteiger partial charge in [0.15, 0.2) is 0 Å². The minimum atomic E-state index is -0.132. The standard InChI is InChI=1S/C18H21FN2/c19-18-9-5-4-8-15(18)11-21-12-16(10-17(20)13-21)14-6-2-1-3-7-14/h1-9,16-17H,10-13,20H2. The van der Waals surface area contributed by atoms with Gasteiger partial charge in [-0.25, -0.2) is 4.39 Å². The van der Waals surface area contributed by atoms with E-state index >= 15 is 0 Å². The van der Waals surface area contributed by atoms with Crippen LogP contribution in [0.25, 0.3) is 0 Å². The maximum Gasteiger partial charge on any atom is 0.127 e. The van der Waals surface area contributed by atoms with Crippen LogP contribution >= 0.6 is 0 Å². The van der Waals surface area contributed by atoms with Gasteiger partial charge in [-0.15, -0.1) is 0 Å². The average molecular weight is 284 g/mol. The highest BCUT2D eigenvalue weighted by Gasteiger charge is 2.26. The third-order valence-corrected chi connectivity index (χ3v) is 4.18. The second-order valence-corrected chi connectivity index (χ2v) is 5.89. The highest BCUT2D eigenvalue weighted by atomic mass is 19.1. The molecule has 0 amide bonds. The predicted molar refractivity (Wildman–Crippen MR) is 83.5 cm³/mol. The minimum absolute atomic E-state index is 0.132. The lowest BCUT2D eigenvalue weighted by molar-refractivity contribution is 0.179. The van der Waals surface area contributed by atoms with Crippen molar-refractivity contribution in [2.45, 2.75) is 24.9 Å². The summed E-state index contributed by atoms with van der Waals surface area (Å²) < 4.78 is 13.8. The third kappa shape index (κ3) is 3.49. The Kier molecular flexibility index (Phi) is 4.32. The van der Waals surface area contributed by atoms with Crippen LogP contribution < -0.4 is 5.73 Å². The molecule has 3 heteroatoms. The second-order valence-electron chi connectivity index (χ2n) is 5.89. The van der Waals surface area contributed by atoms with Gasteiger partial charge in [0, 0.05) is 31.2 Å². The molecule has 1 fully saturated rings. The summed E-state index contributed by atoms with van der Waals surface area (Å²) in [5.74, 6) is 0.301. The zero-order chi connectivity index (χ0) is 14.7. The molecule has 2 nitrogen and oxygen atoms in total. The van der Waals surface area contributed by atoms with Crippen LogP contribution in [-0.4, -0.2) is 24.0 Å². The van der Waals surface area contributed by atoms with E-state index in [9.17, 15) is 4.39 Å². The highest BCUT2D eigenvalue weighted by molar-refractivity contribution is 5.22. The van der Waals surface area contributed by atoms with E-state index in [4.69, 9.17) is 5.73 Å². The summed E-state index contributed by atoms with van der Waals surface area (Å²) in [6.45, 7) is 2.40. The maximum absolute atomic E-state index is 13.8. The summed E-state index contributed by atoms with van der Waals surface area (Å²) in [6, 6.07) is 17.6. The molecule has 0 saturated carbocycles. The van der Waals surface area contributed by atoms with Crippen molar-refractivity contribution in [3.8, 4) is 0 Å². The fraction of sp³-hybridized carbons (Fsp3) is 0.333. The summed E-state index contributed by atoms with van der Waals surface area (Å²) >= 11 is 0. The predicted octanol–water partition coefficient (Wildman–Crippen LogP) is 3.14. The quantitative estimate of drug-likeness (QED) is 0.938. The molecule has 1 aliphatic rings. The number of hydrogen-bond acceptors (Lipinski definition) is 2. The Morgan fingerprint density at radius 2 is 1.71 bits per heavy atom. The molecule has 2 aromatic rings. The van der Waals surface area contributed by atoms with Gasteiger partial charge in [-0.1, -0.05) is 48.5 Å². The van der Waals surface area contributed by atoms with Crippen LogP contribution in [0.4, 0.5) is 4.39 Å². The SMILES string of the molecule is NC1CC(c2ccccc2)CN(Cc2ccccc2F)C1. The number of rotatable bonds is 3. The molecule has 0 aliphatic carbocycles. The molecule has 110 valence electrons. The van der Waals surface area contributed by atoms with Crippen molar-refractivity contribution < 1.29 is 4.39 Å².